The van der Waals surface area contributed by atoms with Gasteiger partial charge in [-0.25, -0.2) is 4.39 Å². The molecular formula is C15H22FN. The molecule has 0 unspecified atom stereocenters. The smallest absolute Gasteiger partial charge is 0.123 e. The van der Waals surface area contributed by atoms with E-state index in [0.29, 0.717) is 5.41 Å². The largest absolute Gasteiger partial charge is 0.315 e. The van der Waals surface area contributed by atoms with Gasteiger partial charge in [0.05, 0.1) is 0 Å². The monoisotopic (exact) mass is 235 g/mol. The van der Waals surface area contributed by atoms with Crippen LogP contribution in [-0.2, 0) is 5.41 Å². The average molecular weight is 235 g/mol. The van der Waals surface area contributed by atoms with Crippen molar-refractivity contribution in [2.24, 2.45) is 5.41 Å². The lowest BCUT2D eigenvalue weighted by Crippen LogP contribution is -2.57. The Morgan fingerprint density at radius 1 is 1.29 bits per heavy atom. The number of halogens is 1. The zero-order chi connectivity index (χ0) is 12.5. The van der Waals surface area contributed by atoms with Crippen molar-refractivity contribution in [2.75, 3.05) is 13.1 Å². The van der Waals surface area contributed by atoms with E-state index >= 15 is 0 Å². The van der Waals surface area contributed by atoms with E-state index in [4.69, 9.17) is 0 Å². The number of hydrogen-bond acceptors (Lipinski definition) is 1. The third-order valence-electron chi connectivity index (χ3n) is 3.72. The summed E-state index contributed by atoms with van der Waals surface area (Å²) < 4.78 is 13.3. The molecule has 94 valence electrons. The Hall–Kier alpha value is -0.890. The number of benzene rings is 1. The molecular weight excluding hydrogens is 213 g/mol. The average Bonchev–Trinajstić information content (AvgIpc) is 2.14. The van der Waals surface area contributed by atoms with Crippen LogP contribution in [0.1, 0.15) is 39.2 Å². The first-order valence-corrected chi connectivity index (χ1v) is 6.38. The van der Waals surface area contributed by atoms with Crippen molar-refractivity contribution >= 4 is 0 Å². The molecule has 1 fully saturated rings. The van der Waals surface area contributed by atoms with Gasteiger partial charge in [0, 0.05) is 18.5 Å². The van der Waals surface area contributed by atoms with E-state index in [2.05, 4.69) is 32.2 Å². The van der Waals surface area contributed by atoms with Gasteiger partial charge in [0.25, 0.3) is 0 Å². The molecule has 1 aliphatic heterocycles. The van der Waals surface area contributed by atoms with Gasteiger partial charge in [-0.15, -0.1) is 0 Å². The molecule has 0 spiro atoms. The van der Waals surface area contributed by atoms with Crippen LogP contribution >= 0.6 is 0 Å². The molecule has 0 radical (unpaired) electrons. The van der Waals surface area contributed by atoms with E-state index in [1.807, 2.05) is 6.07 Å². The first-order chi connectivity index (χ1) is 7.91. The third-order valence-corrected chi connectivity index (χ3v) is 3.72. The SMILES string of the molecule is CC(C)(C)CCC1(c2cccc(F)c2)CNC1. The molecule has 2 heteroatoms. The molecule has 1 saturated heterocycles. The molecule has 0 atom stereocenters. The summed E-state index contributed by atoms with van der Waals surface area (Å²) in [5, 5.41) is 3.33. The Morgan fingerprint density at radius 3 is 2.47 bits per heavy atom. The van der Waals surface area contributed by atoms with Crippen LogP contribution in [0.5, 0.6) is 0 Å². The van der Waals surface area contributed by atoms with E-state index in [-0.39, 0.29) is 11.2 Å². The summed E-state index contributed by atoms with van der Waals surface area (Å²) in [7, 11) is 0. The highest BCUT2D eigenvalue weighted by atomic mass is 19.1. The minimum atomic E-state index is -0.121. The Labute approximate surface area is 103 Å². The van der Waals surface area contributed by atoms with Crippen molar-refractivity contribution in [1.29, 1.82) is 0 Å². The summed E-state index contributed by atoms with van der Waals surface area (Å²) in [5.41, 5.74) is 1.66. The standard InChI is InChI=1S/C15H22FN/c1-14(2,3)7-8-15(10-17-11-15)12-5-4-6-13(16)9-12/h4-6,9,17H,7-8,10-11H2,1-3H3. The van der Waals surface area contributed by atoms with Gasteiger partial charge in [0.1, 0.15) is 5.82 Å². The number of nitrogens with one attached hydrogen (secondary N) is 1. The summed E-state index contributed by atoms with van der Waals surface area (Å²) >= 11 is 0. The van der Waals surface area contributed by atoms with E-state index < -0.39 is 0 Å². The Morgan fingerprint density at radius 2 is 2.00 bits per heavy atom. The summed E-state index contributed by atoms with van der Waals surface area (Å²) in [6.45, 7) is 8.74. The van der Waals surface area contributed by atoms with Gasteiger partial charge < -0.3 is 5.32 Å². The lowest BCUT2D eigenvalue weighted by atomic mass is 9.69. The molecule has 1 N–H and O–H groups in total. The quantitative estimate of drug-likeness (QED) is 0.845. The highest BCUT2D eigenvalue weighted by Crippen LogP contribution is 2.37. The van der Waals surface area contributed by atoms with Gasteiger partial charge in [-0.3, -0.25) is 0 Å². The molecule has 1 aromatic rings. The van der Waals surface area contributed by atoms with Crippen LogP contribution in [0.15, 0.2) is 24.3 Å². The molecule has 0 amide bonds. The van der Waals surface area contributed by atoms with E-state index in [1.165, 1.54) is 12.5 Å². The van der Waals surface area contributed by atoms with E-state index in [0.717, 1.165) is 25.1 Å². The Bertz CT molecular complexity index is 388. The highest BCUT2D eigenvalue weighted by Gasteiger charge is 2.39. The molecule has 1 aliphatic rings. The molecule has 1 nitrogen and oxygen atoms in total. The lowest BCUT2D eigenvalue weighted by molar-refractivity contribution is 0.215. The second-order valence-electron chi connectivity index (χ2n) is 6.45. The maximum Gasteiger partial charge on any atom is 0.123 e. The molecule has 0 aliphatic carbocycles. The van der Waals surface area contributed by atoms with Crippen LogP contribution < -0.4 is 5.32 Å². The first-order valence-electron chi connectivity index (χ1n) is 6.38. The van der Waals surface area contributed by atoms with Crippen molar-refractivity contribution in [2.45, 2.75) is 39.0 Å². The van der Waals surface area contributed by atoms with Crippen LogP contribution in [0.25, 0.3) is 0 Å². The summed E-state index contributed by atoms with van der Waals surface area (Å²) in [5.74, 6) is -0.121. The van der Waals surface area contributed by atoms with Crippen LogP contribution in [0.4, 0.5) is 4.39 Å². The summed E-state index contributed by atoms with van der Waals surface area (Å²) in [4.78, 5) is 0. The fraction of sp³-hybridized carbons (Fsp3) is 0.600. The predicted molar refractivity (Wildman–Crippen MR) is 69.6 cm³/mol. The highest BCUT2D eigenvalue weighted by molar-refractivity contribution is 5.30. The van der Waals surface area contributed by atoms with Gasteiger partial charge in [0.2, 0.25) is 0 Å². The van der Waals surface area contributed by atoms with Crippen molar-refractivity contribution in [3.05, 3.63) is 35.6 Å². The second-order valence-corrected chi connectivity index (χ2v) is 6.45. The molecule has 0 saturated carbocycles. The maximum absolute atomic E-state index is 13.3. The topological polar surface area (TPSA) is 12.0 Å². The minimum Gasteiger partial charge on any atom is -0.315 e. The second kappa shape index (κ2) is 4.41. The zero-order valence-electron chi connectivity index (χ0n) is 11.0. The van der Waals surface area contributed by atoms with Crippen LogP contribution in [0.3, 0.4) is 0 Å². The van der Waals surface area contributed by atoms with Crippen molar-refractivity contribution < 1.29 is 4.39 Å². The molecule has 1 heterocycles. The fourth-order valence-corrected chi connectivity index (χ4v) is 2.38. The van der Waals surface area contributed by atoms with Crippen molar-refractivity contribution in [3.63, 3.8) is 0 Å². The van der Waals surface area contributed by atoms with Gasteiger partial charge in [-0.2, -0.15) is 0 Å². The van der Waals surface area contributed by atoms with Gasteiger partial charge >= 0.3 is 0 Å². The van der Waals surface area contributed by atoms with Crippen LogP contribution in [0, 0.1) is 11.2 Å². The normalized spacial score (nSPS) is 18.8. The van der Waals surface area contributed by atoms with E-state index in [1.54, 1.807) is 6.07 Å². The molecule has 2 rings (SSSR count). The van der Waals surface area contributed by atoms with E-state index in [9.17, 15) is 4.39 Å². The Balaban J connectivity index is 2.14. The summed E-state index contributed by atoms with van der Waals surface area (Å²) in [6.07, 6.45) is 2.30. The molecule has 1 aromatic carbocycles. The molecule has 17 heavy (non-hydrogen) atoms. The van der Waals surface area contributed by atoms with Gasteiger partial charge in [-0.05, 0) is 36.0 Å². The van der Waals surface area contributed by atoms with Crippen LogP contribution in [-0.4, -0.2) is 13.1 Å². The zero-order valence-corrected chi connectivity index (χ0v) is 11.0. The van der Waals surface area contributed by atoms with Crippen molar-refractivity contribution in [1.82, 2.24) is 5.32 Å². The predicted octanol–water partition coefficient (Wildman–Crippen LogP) is 3.49. The number of rotatable bonds is 3. The van der Waals surface area contributed by atoms with Crippen LogP contribution in [0.2, 0.25) is 0 Å². The minimum absolute atomic E-state index is 0.121. The third kappa shape index (κ3) is 2.86. The number of hydrogen-bond donors (Lipinski definition) is 1. The molecule has 0 aromatic heterocycles. The van der Waals surface area contributed by atoms with Gasteiger partial charge in [-0.1, -0.05) is 32.9 Å². The molecule has 0 bridgehead atoms. The van der Waals surface area contributed by atoms with Gasteiger partial charge in [0.15, 0.2) is 0 Å². The van der Waals surface area contributed by atoms with Crippen molar-refractivity contribution in [3.8, 4) is 0 Å². The summed E-state index contributed by atoms with van der Waals surface area (Å²) in [6, 6.07) is 7.10. The Kier molecular flexibility index (Phi) is 3.26. The fourth-order valence-electron chi connectivity index (χ4n) is 2.38. The first kappa shape index (κ1) is 12.6. The maximum atomic E-state index is 13.3. The lowest BCUT2D eigenvalue weighted by Gasteiger charge is -2.44.